The van der Waals surface area contributed by atoms with Crippen molar-refractivity contribution >= 4 is 26.0 Å². The average Bonchev–Trinajstić information content (AvgIpc) is 2.48. The molecule has 0 unspecified atom stereocenters. The molecule has 1 aliphatic rings. The van der Waals surface area contributed by atoms with Gasteiger partial charge in [0.2, 0.25) is 10.0 Å². The first kappa shape index (κ1) is 16.8. The van der Waals surface area contributed by atoms with Crippen LogP contribution >= 0.6 is 15.9 Å². The fourth-order valence-corrected chi connectivity index (χ4v) is 4.13. The molecule has 1 heterocycles. The van der Waals surface area contributed by atoms with Crippen LogP contribution in [0.15, 0.2) is 21.5 Å². The Hall–Kier alpha value is -0.540. The largest absolute Gasteiger partial charge is 0.381 e. The van der Waals surface area contributed by atoms with Gasteiger partial charge >= 0.3 is 0 Å². The predicted octanol–water partition coefficient (Wildman–Crippen LogP) is 1.75. The number of hydrogen-bond donors (Lipinski definition) is 2. The van der Waals surface area contributed by atoms with Crippen molar-refractivity contribution in [2.24, 2.45) is 11.7 Å². The summed E-state index contributed by atoms with van der Waals surface area (Å²) in [6.45, 7) is 1.49. The van der Waals surface area contributed by atoms with Crippen LogP contribution in [0.5, 0.6) is 0 Å². The van der Waals surface area contributed by atoms with Crippen molar-refractivity contribution in [2.75, 3.05) is 19.8 Å². The molecule has 0 aromatic heterocycles. The van der Waals surface area contributed by atoms with Gasteiger partial charge in [0.05, 0.1) is 0 Å². The third kappa shape index (κ3) is 4.23. The molecule has 21 heavy (non-hydrogen) atoms. The van der Waals surface area contributed by atoms with Crippen molar-refractivity contribution in [2.45, 2.75) is 24.3 Å². The Morgan fingerprint density at radius 1 is 1.38 bits per heavy atom. The summed E-state index contributed by atoms with van der Waals surface area (Å²) in [5.74, 6) is -0.571. The molecule has 0 aliphatic carbocycles. The van der Waals surface area contributed by atoms with Crippen molar-refractivity contribution in [1.29, 1.82) is 0 Å². The molecule has 1 fully saturated rings. The molecule has 0 saturated carbocycles. The number of halogens is 2. The van der Waals surface area contributed by atoms with Crippen LogP contribution in [0.1, 0.15) is 18.4 Å². The van der Waals surface area contributed by atoms with Crippen LogP contribution in [0.3, 0.4) is 0 Å². The van der Waals surface area contributed by atoms with E-state index in [0.29, 0.717) is 17.7 Å². The van der Waals surface area contributed by atoms with E-state index in [1.807, 2.05) is 0 Å². The lowest BCUT2D eigenvalue weighted by Crippen LogP contribution is -2.32. The second-order valence-electron chi connectivity index (χ2n) is 4.99. The zero-order valence-electron chi connectivity index (χ0n) is 11.4. The van der Waals surface area contributed by atoms with E-state index in [4.69, 9.17) is 10.5 Å². The second kappa shape index (κ2) is 7.15. The molecule has 0 spiro atoms. The molecule has 2 rings (SSSR count). The highest BCUT2D eigenvalue weighted by molar-refractivity contribution is 9.10. The summed E-state index contributed by atoms with van der Waals surface area (Å²) >= 11 is 3.18. The van der Waals surface area contributed by atoms with E-state index in [1.165, 1.54) is 12.1 Å². The molecule has 1 aliphatic heterocycles. The van der Waals surface area contributed by atoms with Crippen LogP contribution < -0.4 is 10.5 Å². The van der Waals surface area contributed by atoms with Gasteiger partial charge in [-0.05, 0) is 30.9 Å². The van der Waals surface area contributed by atoms with Gasteiger partial charge in [0, 0.05) is 36.3 Å². The summed E-state index contributed by atoms with van der Waals surface area (Å²) in [6.07, 6.45) is 1.61. The summed E-state index contributed by atoms with van der Waals surface area (Å²) in [5, 5.41) is 0. The molecule has 5 nitrogen and oxygen atoms in total. The van der Waals surface area contributed by atoms with E-state index in [9.17, 15) is 12.8 Å². The zero-order chi connectivity index (χ0) is 15.5. The first-order valence-corrected chi connectivity index (χ1v) is 8.97. The van der Waals surface area contributed by atoms with E-state index in [0.717, 1.165) is 12.8 Å². The average molecular weight is 381 g/mol. The number of nitrogens with two attached hydrogens (primary N) is 1. The summed E-state index contributed by atoms with van der Waals surface area (Å²) in [4.78, 5) is -0.371. The Labute approximate surface area is 132 Å². The Balaban J connectivity index is 2.17. The van der Waals surface area contributed by atoms with Crippen LogP contribution in [0.4, 0.5) is 4.39 Å². The standard InChI is InChI=1S/C13H18BrFN2O3S/c14-11-5-10(7-16)13(15)12(6-11)21(18,19)17-8-9-1-3-20-4-2-9/h5-6,9,17H,1-4,7-8,16H2. The van der Waals surface area contributed by atoms with Gasteiger partial charge in [-0.3, -0.25) is 0 Å². The van der Waals surface area contributed by atoms with Crippen molar-refractivity contribution in [3.63, 3.8) is 0 Å². The minimum Gasteiger partial charge on any atom is -0.381 e. The summed E-state index contributed by atoms with van der Waals surface area (Å²) in [6, 6.07) is 2.73. The first-order chi connectivity index (χ1) is 9.94. The lowest BCUT2D eigenvalue weighted by Gasteiger charge is -2.22. The van der Waals surface area contributed by atoms with Gasteiger partial charge in [-0.15, -0.1) is 0 Å². The molecule has 0 radical (unpaired) electrons. The molecular weight excluding hydrogens is 363 g/mol. The molecule has 3 N–H and O–H groups in total. The van der Waals surface area contributed by atoms with E-state index < -0.39 is 15.8 Å². The second-order valence-corrected chi connectivity index (χ2v) is 7.64. The third-order valence-corrected chi connectivity index (χ3v) is 5.37. The number of nitrogens with one attached hydrogen (secondary N) is 1. The number of rotatable bonds is 5. The van der Waals surface area contributed by atoms with Gasteiger partial charge in [-0.2, -0.15) is 0 Å². The van der Waals surface area contributed by atoms with Crippen molar-refractivity contribution in [3.8, 4) is 0 Å². The summed E-state index contributed by atoms with van der Waals surface area (Å²) in [5.41, 5.74) is 5.60. The number of ether oxygens (including phenoxy) is 1. The van der Waals surface area contributed by atoms with Crippen LogP contribution in [0.2, 0.25) is 0 Å². The number of hydrogen-bond acceptors (Lipinski definition) is 4. The zero-order valence-corrected chi connectivity index (χ0v) is 13.8. The van der Waals surface area contributed by atoms with Crippen molar-refractivity contribution < 1.29 is 17.5 Å². The maximum absolute atomic E-state index is 14.2. The minimum atomic E-state index is -3.90. The molecular formula is C13H18BrFN2O3S. The molecule has 0 amide bonds. The molecule has 1 aromatic rings. The topological polar surface area (TPSA) is 81.4 Å². The molecule has 118 valence electrons. The van der Waals surface area contributed by atoms with Gasteiger partial charge < -0.3 is 10.5 Å². The fourth-order valence-electron chi connectivity index (χ4n) is 2.22. The molecule has 1 saturated heterocycles. The number of sulfonamides is 1. The lowest BCUT2D eigenvalue weighted by atomic mass is 10.0. The van der Waals surface area contributed by atoms with Crippen LogP contribution in [-0.4, -0.2) is 28.2 Å². The van der Waals surface area contributed by atoms with Gasteiger partial charge in [-0.25, -0.2) is 17.5 Å². The Morgan fingerprint density at radius 3 is 2.67 bits per heavy atom. The van der Waals surface area contributed by atoms with Gasteiger partial charge in [0.25, 0.3) is 0 Å². The fraction of sp³-hybridized carbons (Fsp3) is 0.538. The highest BCUT2D eigenvalue weighted by Crippen LogP contribution is 2.24. The lowest BCUT2D eigenvalue weighted by molar-refractivity contribution is 0.0678. The maximum atomic E-state index is 14.2. The van der Waals surface area contributed by atoms with Gasteiger partial charge in [0.1, 0.15) is 10.7 Å². The monoisotopic (exact) mass is 380 g/mol. The normalized spacial score (nSPS) is 17.1. The van der Waals surface area contributed by atoms with E-state index >= 15 is 0 Å². The van der Waals surface area contributed by atoms with Crippen LogP contribution in [0.25, 0.3) is 0 Å². The quantitative estimate of drug-likeness (QED) is 0.815. The van der Waals surface area contributed by atoms with Crippen molar-refractivity contribution in [1.82, 2.24) is 4.72 Å². The minimum absolute atomic E-state index is 0.0617. The van der Waals surface area contributed by atoms with E-state index in [2.05, 4.69) is 20.7 Å². The smallest absolute Gasteiger partial charge is 0.243 e. The Morgan fingerprint density at radius 2 is 2.05 bits per heavy atom. The Bertz CT molecular complexity index is 604. The van der Waals surface area contributed by atoms with Gasteiger partial charge in [0.15, 0.2) is 0 Å². The SMILES string of the molecule is NCc1cc(Br)cc(S(=O)(=O)NCC2CCOCC2)c1F. The van der Waals surface area contributed by atoms with E-state index in [1.54, 1.807) is 0 Å². The number of benzene rings is 1. The van der Waals surface area contributed by atoms with Crippen LogP contribution in [0, 0.1) is 11.7 Å². The van der Waals surface area contributed by atoms with E-state index in [-0.39, 0.29) is 29.5 Å². The van der Waals surface area contributed by atoms with Crippen molar-refractivity contribution in [3.05, 3.63) is 28.0 Å². The predicted molar refractivity (Wildman–Crippen MR) is 80.7 cm³/mol. The molecule has 1 aromatic carbocycles. The first-order valence-electron chi connectivity index (χ1n) is 6.69. The summed E-state index contributed by atoms with van der Waals surface area (Å²) < 4.78 is 46.9. The highest BCUT2D eigenvalue weighted by atomic mass is 79.9. The Kier molecular flexibility index (Phi) is 5.73. The molecule has 0 atom stereocenters. The van der Waals surface area contributed by atoms with Crippen LogP contribution in [-0.2, 0) is 21.3 Å². The maximum Gasteiger partial charge on any atom is 0.243 e. The summed E-state index contributed by atoms with van der Waals surface area (Å²) in [7, 11) is -3.90. The van der Waals surface area contributed by atoms with Gasteiger partial charge in [-0.1, -0.05) is 15.9 Å². The highest BCUT2D eigenvalue weighted by Gasteiger charge is 2.24. The molecule has 8 heteroatoms. The third-order valence-electron chi connectivity index (χ3n) is 3.49. The molecule has 0 bridgehead atoms.